The Bertz CT molecular complexity index is 329. The van der Waals surface area contributed by atoms with Crippen LogP contribution < -0.4 is 5.73 Å². The third-order valence-corrected chi connectivity index (χ3v) is 4.17. The maximum absolute atomic E-state index is 10.4. The molecule has 0 radical (unpaired) electrons. The van der Waals surface area contributed by atoms with E-state index in [-0.39, 0.29) is 12.0 Å². The van der Waals surface area contributed by atoms with Crippen LogP contribution >= 0.6 is 0 Å². The molecule has 0 saturated carbocycles. The van der Waals surface area contributed by atoms with Crippen LogP contribution in [0.25, 0.3) is 0 Å². The summed E-state index contributed by atoms with van der Waals surface area (Å²) in [4.78, 5) is 10.4. The largest absolute Gasteiger partial charge is 0.481 e. The molecule has 3 atom stereocenters. The lowest BCUT2D eigenvalue weighted by Gasteiger charge is -2.25. The first-order valence-corrected chi connectivity index (χ1v) is 6.90. The van der Waals surface area contributed by atoms with Crippen molar-refractivity contribution in [1.29, 1.82) is 0 Å². The number of unbranched alkanes of at least 4 members (excludes halogenated alkanes) is 1. The molecule has 0 unspecified atom stereocenters. The summed E-state index contributed by atoms with van der Waals surface area (Å²) in [5.74, 6) is -0.176. The number of aliphatic carboxylic acids is 1. The highest BCUT2D eigenvalue weighted by atomic mass is 16.5. The van der Waals surface area contributed by atoms with Gasteiger partial charge in [-0.25, -0.2) is 0 Å². The van der Waals surface area contributed by atoms with Crippen LogP contribution in [0.15, 0.2) is 12.2 Å². The van der Waals surface area contributed by atoms with Crippen molar-refractivity contribution in [3.05, 3.63) is 12.2 Å². The molecule has 2 bridgehead atoms. The topological polar surface area (TPSA) is 72.6 Å². The predicted molar refractivity (Wildman–Crippen MR) is 69.2 cm³/mol. The highest BCUT2D eigenvalue weighted by Gasteiger charge is 2.50. The van der Waals surface area contributed by atoms with Crippen molar-refractivity contribution in [2.45, 2.75) is 56.7 Å². The second-order valence-electron chi connectivity index (χ2n) is 5.54. The smallest absolute Gasteiger partial charge is 0.303 e. The minimum Gasteiger partial charge on any atom is -0.481 e. The Kier molecular flexibility index (Phi) is 4.40. The predicted octanol–water partition coefficient (Wildman–Crippen LogP) is 2.08. The number of ether oxygens (including phenoxy) is 1. The lowest BCUT2D eigenvalue weighted by molar-refractivity contribution is -0.137. The Morgan fingerprint density at radius 1 is 1.50 bits per heavy atom. The number of allylic oxidation sites excluding steroid dienone is 1. The summed E-state index contributed by atoms with van der Waals surface area (Å²) < 4.78 is 6.08. The quantitative estimate of drug-likeness (QED) is 0.538. The summed E-state index contributed by atoms with van der Waals surface area (Å²) in [7, 11) is 0. The molecule has 2 heterocycles. The second kappa shape index (κ2) is 5.85. The van der Waals surface area contributed by atoms with Crippen LogP contribution in [-0.4, -0.2) is 29.3 Å². The number of carboxylic acids is 1. The van der Waals surface area contributed by atoms with Crippen LogP contribution in [0.2, 0.25) is 0 Å². The molecule has 0 aromatic heterocycles. The Balaban J connectivity index is 1.70. The third-order valence-electron chi connectivity index (χ3n) is 4.17. The van der Waals surface area contributed by atoms with Gasteiger partial charge in [0, 0.05) is 12.3 Å². The molecule has 2 saturated heterocycles. The van der Waals surface area contributed by atoms with E-state index in [4.69, 9.17) is 15.6 Å². The molecule has 0 spiro atoms. The lowest BCUT2D eigenvalue weighted by Crippen LogP contribution is -2.29. The highest BCUT2D eigenvalue weighted by Crippen LogP contribution is 2.48. The molecule has 0 aromatic carbocycles. The monoisotopic (exact) mass is 253 g/mol. The molecular formula is C14H23NO3. The number of rotatable bonds is 7. The maximum Gasteiger partial charge on any atom is 0.303 e. The van der Waals surface area contributed by atoms with Gasteiger partial charge in [0.2, 0.25) is 0 Å². The van der Waals surface area contributed by atoms with Gasteiger partial charge in [-0.1, -0.05) is 12.2 Å². The summed E-state index contributed by atoms with van der Waals surface area (Å²) in [6.45, 7) is 0.731. The number of carboxylic acid groups (broad SMARTS) is 1. The van der Waals surface area contributed by atoms with Crippen molar-refractivity contribution >= 4 is 5.97 Å². The van der Waals surface area contributed by atoms with E-state index >= 15 is 0 Å². The SMILES string of the molecule is NC[C@H]1C[C@@]2(CC=CCCCC(=O)O)CC[C@@H]1O2. The third kappa shape index (κ3) is 3.12. The zero-order chi connectivity index (χ0) is 13.0. The van der Waals surface area contributed by atoms with Gasteiger partial charge in [-0.05, 0) is 45.1 Å². The molecule has 2 aliphatic heterocycles. The highest BCUT2D eigenvalue weighted by molar-refractivity contribution is 5.66. The summed E-state index contributed by atoms with van der Waals surface area (Å²) in [6, 6.07) is 0. The molecule has 2 rings (SSSR count). The first-order chi connectivity index (χ1) is 8.65. The fourth-order valence-electron chi connectivity index (χ4n) is 3.19. The van der Waals surface area contributed by atoms with Crippen LogP contribution in [0.5, 0.6) is 0 Å². The first-order valence-electron chi connectivity index (χ1n) is 6.90. The van der Waals surface area contributed by atoms with E-state index in [1.807, 2.05) is 0 Å². The summed E-state index contributed by atoms with van der Waals surface area (Å²) in [5.41, 5.74) is 5.79. The number of carbonyl (C=O) groups is 1. The van der Waals surface area contributed by atoms with Gasteiger partial charge >= 0.3 is 5.97 Å². The van der Waals surface area contributed by atoms with E-state index in [1.54, 1.807) is 0 Å². The van der Waals surface area contributed by atoms with Crippen LogP contribution in [0.1, 0.15) is 44.9 Å². The van der Waals surface area contributed by atoms with Crippen LogP contribution in [-0.2, 0) is 9.53 Å². The second-order valence-corrected chi connectivity index (χ2v) is 5.54. The van der Waals surface area contributed by atoms with Crippen molar-refractivity contribution in [2.75, 3.05) is 6.54 Å². The number of hydrogen-bond acceptors (Lipinski definition) is 3. The number of hydrogen-bond donors (Lipinski definition) is 2. The molecule has 2 aliphatic rings. The Morgan fingerprint density at radius 3 is 3.00 bits per heavy atom. The molecule has 2 fully saturated rings. The summed E-state index contributed by atoms with van der Waals surface area (Å²) >= 11 is 0. The molecular weight excluding hydrogens is 230 g/mol. The number of fused-ring (bicyclic) bond motifs is 2. The van der Waals surface area contributed by atoms with Crippen molar-refractivity contribution in [1.82, 2.24) is 0 Å². The van der Waals surface area contributed by atoms with E-state index in [0.29, 0.717) is 18.4 Å². The zero-order valence-electron chi connectivity index (χ0n) is 10.8. The Morgan fingerprint density at radius 2 is 2.33 bits per heavy atom. The lowest BCUT2D eigenvalue weighted by atomic mass is 9.79. The summed E-state index contributed by atoms with van der Waals surface area (Å²) in [5, 5.41) is 8.53. The molecule has 0 aromatic rings. The van der Waals surface area contributed by atoms with Gasteiger partial charge in [0.05, 0.1) is 11.7 Å². The normalized spacial score (nSPS) is 34.5. The molecule has 4 nitrogen and oxygen atoms in total. The van der Waals surface area contributed by atoms with E-state index in [0.717, 1.165) is 38.6 Å². The van der Waals surface area contributed by atoms with Crippen molar-refractivity contribution < 1.29 is 14.6 Å². The standard InChI is InChI=1S/C14H23NO3/c15-10-11-9-14(8-6-12(11)18-14)7-4-2-1-3-5-13(16)17/h2,4,11-12H,1,3,5-10,15H2,(H,16,17)/t11-,12+,14-/m1/s1. The number of nitrogens with two attached hydrogens (primary N) is 1. The van der Waals surface area contributed by atoms with Gasteiger partial charge in [0.1, 0.15) is 0 Å². The van der Waals surface area contributed by atoms with E-state index < -0.39 is 5.97 Å². The first kappa shape index (κ1) is 13.6. The van der Waals surface area contributed by atoms with Crippen LogP contribution in [0, 0.1) is 5.92 Å². The van der Waals surface area contributed by atoms with Crippen LogP contribution in [0.3, 0.4) is 0 Å². The molecule has 18 heavy (non-hydrogen) atoms. The Hall–Kier alpha value is -0.870. The minimum absolute atomic E-state index is 0.0397. The van der Waals surface area contributed by atoms with Gasteiger partial charge in [0.15, 0.2) is 0 Å². The van der Waals surface area contributed by atoms with Crippen LogP contribution in [0.4, 0.5) is 0 Å². The average molecular weight is 253 g/mol. The van der Waals surface area contributed by atoms with Crippen molar-refractivity contribution in [3.8, 4) is 0 Å². The molecule has 0 aliphatic carbocycles. The molecule has 102 valence electrons. The van der Waals surface area contributed by atoms with Gasteiger partial charge in [-0.3, -0.25) is 4.79 Å². The maximum atomic E-state index is 10.4. The zero-order valence-corrected chi connectivity index (χ0v) is 10.8. The van der Waals surface area contributed by atoms with Crippen molar-refractivity contribution in [2.24, 2.45) is 11.7 Å². The van der Waals surface area contributed by atoms with E-state index in [1.165, 1.54) is 0 Å². The van der Waals surface area contributed by atoms with Gasteiger partial charge < -0.3 is 15.6 Å². The fraction of sp³-hybridized carbons (Fsp3) is 0.786. The van der Waals surface area contributed by atoms with E-state index in [2.05, 4.69) is 12.2 Å². The minimum atomic E-state index is -0.717. The van der Waals surface area contributed by atoms with Gasteiger partial charge in [-0.2, -0.15) is 0 Å². The summed E-state index contributed by atoms with van der Waals surface area (Å²) in [6.07, 6.45) is 10.8. The Labute approximate surface area is 108 Å². The van der Waals surface area contributed by atoms with Crippen molar-refractivity contribution in [3.63, 3.8) is 0 Å². The molecule has 3 N–H and O–H groups in total. The van der Waals surface area contributed by atoms with Gasteiger partial charge in [-0.15, -0.1) is 0 Å². The van der Waals surface area contributed by atoms with E-state index in [9.17, 15) is 4.79 Å². The molecule has 4 heteroatoms. The van der Waals surface area contributed by atoms with Gasteiger partial charge in [0.25, 0.3) is 0 Å². The molecule has 0 amide bonds. The fourth-order valence-corrected chi connectivity index (χ4v) is 3.19. The average Bonchev–Trinajstić information content (AvgIpc) is 2.91.